The largest absolute Gasteiger partial charge is 0.497 e. The standard InChI is InChI=1S/C17H22N2O4S2/c1-3-4-16(20)18-17-19(9-12-5-7-13(23-2)8-6-12)14-10-25(21,22)11-15(14)24-17/h5-8,14-15H,3-4,9-11H2,1-2H3/t14-,15+/m0/s1. The molecule has 2 aliphatic heterocycles. The second kappa shape index (κ2) is 7.37. The number of benzene rings is 1. The van der Waals surface area contributed by atoms with E-state index < -0.39 is 9.84 Å². The molecule has 0 unspecified atom stereocenters. The number of methoxy groups -OCH3 is 1. The quantitative estimate of drug-likeness (QED) is 0.776. The van der Waals surface area contributed by atoms with E-state index >= 15 is 0 Å². The van der Waals surface area contributed by atoms with Gasteiger partial charge in [0.05, 0.1) is 24.7 Å². The highest BCUT2D eigenvalue weighted by molar-refractivity contribution is 8.15. The van der Waals surface area contributed by atoms with Crippen LogP contribution in [0.3, 0.4) is 0 Å². The van der Waals surface area contributed by atoms with Crippen molar-refractivity contribution < 1.29 is 17.9 Å². The lowest BCUT2D eigenvalue weighted by atomic mass is 10.1. The Labute approximate surface area is 152 Å². The van der Waals surface area contributed by atoms with E-state index in [1.54, 1.807) is 7.11 Å². The van der Waals surface area contributed by atoms with Crippen molar-refractivity contribution >= 4 is 32.7 Å². The summed E-state index contributed by atoms with van der Waals surface area (Å²) < 4.78 is 29.2. The second-order valence-corrected chi connectivity index (χ2v) is 9.67. The average Bonchev–Trinajstić information content (AvgIpc) is 3.01. The van der Waals surface area contributed by atoms with E-state index in [1.165, 1.54) is 11.8 Å². The summed E-state index contributed by atoms with van der Waals surface area (Å²) in [6, 6.07) is 7.53. The van der Waals surface area contributed by atoms with Gasteiger partial charge in [0.25, 0.3) is 0 Å². The zero-order valence-electron chi connectivity index (χ0n) is 14.3. The number of ether oxygens (including phenoxy) is 1. The zero-order chi connectivity index (χ0) is 18.0. The molecule has 136 valence electrons. The number of nitrogens with zero attached hydrogens (tertiary/aromatic N) is 2. The minimum Gasteiger partial charge on any atom is -0.497 e. The molecule has 0 spiro atoms. The number of hydrogen-bond acceptors (Lipinski definition) is 5. The molecule has 2 atom stereocenters. The first-order valence-electron chi connectivity index (χ1n) is 8.30. The van der Waals surface area contributed by atoms with Gasteiger partial charge in [-0.2, -0.15) is 4.99 Å². The van der Waals surface area contributed by atoms with Crippen molar-refractivity contribution in [3.63, 3.8) is 0 Å². The molecule has 1 aromatic rings. The number of thioether (sulfide) groups is 1. The molecule has 3 rings (SSSR count). The van der Waals surface area contributed by atoms with E-state index in [9.17, 15) is 13.2 Å². The summed E-state index contributed by atoms with van der Waals surface area (Å²) in [5.74, 6) is 0.907. The van der Waals surface area contributed by atoms with E-state index in [1.807, 2.05) is 36.1 Å². The average molecular weight is 383 g/mol. The summed E-state index contributed by atoms with van der Waals surface area (Å²) in [7, 11) is -1.41. The van der Waals surface area contributed by atoms with E-state index in [2.05, 4.69) is 4.99 Å². The third-order valence-electron chi connectivity index (χ3n) is 4.37. The number of fused-ring (bicyclic) bond motifs is 1. The second-order valence-electron chi connectivity index (χ2n) is 6.31. The van der Waals surface area contributed by atoms with Gasteiger partial charge in [0.15, 0.2) is 15.0 Å². The van der Waals surface area contributed by atoms with Crippen LogP contribution in [0.2, 0.25) is 0 Å². The molecule has 0 aliphatic carbocycles. The van der Waals surface area contributed by atoms with Crippen molar-refractivity contribution in [1.82, 2.24) is 4.90 Å². The number of amides is 1. The van der Waals surface area contributed by atoms with Gasteiger partial charge in [-0.15, -0.1) is 0 Å². The number of amidine groups is 1. The SMILES string of the molecule is CCCC(=O)N=C1S[C@@H]2CS(=O)(=O)C[C@@H]2N1Cc1ccc(OC)cc1. The van der Waals surface area contributed by atoms with Gasteiger partial charge in [0.1, 0.15) is 5.75 Å². The Balaban J connectivity index is 1.84. The van der Waals surface area contributed by atoms with Crippen LogP contribution in [0.5, 0.6) is 5.75 Å². The lowest BCUT2D eigenvalue weighted by molar-refractivity contribution is -0.117. The molecule has 2 saturated heterocycles. The topological polar surface area (TPSA) is 76.0 Å². The maximum absolute atomic E-state index is 12.0. The minimum absolute atomic E-state index is 0.0450. The lowest BCUT2D eigenvalue weighted by Gasteiger charge is -2.24. The monoisotopic (exact) mass is 382 g/mol. The van der Waals surface area contributed by atoms with Gasteiger partial charge < -0.3 is 9.64 Å². The maximum atomic E-state index is 12.0. The number of hydrogen-bond donors (Lipinski definition) is 0. The third kappa shape index (κ3) is 4.17. The number of aliphatic imine (C=N–C) groups is 1. The number of rotatable bonds is 5. The zero-order valence-corrected chi connectivity index (χ0v) is 16.0. The summed E-state index contributed by atoms with van der Waals surface area (Å²) in [5, 5.41) is 0.607. The molecule has 1 amide bonds. The molecule has 2 aliphatic rings. The van der Waals surface area contributed by atoms with Crippen molar-refractivity contribution in [1.29, 1.82) is 0 Å². The van der Waals surface area contributed by atoms with Crippen LogP contribution in [0.15, 0.2) is 29.3 Å². The first kappa shape index (κ1) is 18.3. The summed E-state index contributed by atoms with van der Waals surface area (Å²) in [6.07, 6.45) is 1.16. The van der Waals surface area contributed by atoms with Crippen LogP contribution in [-0.4, -0.2) is 54.3 Å². The van der Waals surface area contributed by atoms with Crippen molar-refractivity contribution in [3.8, 4) is 5.75 Å². The molecule has 0 bridgehead atoms. The van der Waals surface area contributed by atoms with E-state index in [-0.39, 0.29) is 28.7 Å². The van der Waals surface area contributed by atoms with E-state index in [0.29, 0.717) is 18.1 Å². The van der Waals surface area contributed by atoms with Crippen LogP contribution < -0.4 is 4.74 Å². The first-order chi connectivity index (χ1) is 11.9. The molecule has 8 heteroatoms. The molecule has 0 radical (unpaired) electrons. The summed E-state index contributed by atoms with van der Waals surface area (Å²) in [4.78, 5) is 18.2. The van der Waals surface area contributed by atoms with Crippen molar-refractivity contribution in [2.75, 3.05) is 18.6 Å². The van der Waals surface area contributed by atoms with Gasteiger partial charge in [-0.1, -0.05) is 30.8 Å². The normalized spacial score (nSPS) is 26.0. The first-order valence-corrected chi connectivity index (χ1v) is 11.0. The van der Waals surface area contributed by atoms with Gasteiger partial charge in [0.2, 0.25) is 5.91 Å². The highest BCUT2D eigenvalue weighted by Crippen LogP contribution is 2.39. The smallest absolute Gasteiger partial charge is 0.248 e. The van der Waals surface area contributed by atoms with Crippen LogP contribution in [0.25, 0.3) is 0 Å². The summed E-state index contributed by atoms with van der Waals surface area (Å²) in [5.41, 5.74) is 1.03. The predicted octanol–water partition coefficient (Wildman–Crippen LogP) is 2.09. The summed E-state index contributed by atoms with van der Waals surface area (Å²) >= 11 is 1.42. The fourth-order valence-electron chi connectivity index (χ4n) is 3.12. The highest BCUT2D eigenvalue weighted by Gasteiger charge is 2.48. The van der Waals surface area contributed by atoms with Gasteiger partial charge >= 0.3 is 0 Å². The van der Waals surface area contributed by atoms with Crippen LogP contribution in [-0.2, 0) is 21.2 Å². The minimum atomic E-state index is -3.03. The van der Waals surface area contributed by atoms with Crippen molar-refractivity contribution in [3.05, 3.63) is 29.8 Å². The third-order valence-corrected chi connectivity index (χ3v) is 7.62. The van der Waals surface area contributed by atoms with E-state index in [0.717, 1.165) is 17.7 Å². The van der Waals surface area contributed by atoms with Crippen molar-refractivity contribution in [2.24, 2.45) is 4.99 Å². The molecule has 1 aromatic carbocycles. The molecule has 0 N–H and O–H groups in total. The predicted molar refractivity (Wildman–Crippen MR) is 99.7 cm³/mol. The van der Waals surface area contributed by atoms with Gasteiger partial charge in [-0.05, 0) is 24.1 Å². The fraction of sp³-hybridized carbons (Fsp3) is 0.529. The molecule has 0 aromatic heterocycles. The molecular weight excluding hydrogens is 360 g/mol. The Morgan fingerprint density at radius 1 is 1.32 bits per heavy atom. The van der Waals surface area contributed by atoms with Crippen molar-refractivity contribution in [2.45, 2.75) is 37.6 Å². The lowest BCUT2D eigenvalue weighted by Crippen LogP contribution is -2.37. The molecule has 0 saturated carbocycles. The maximum Gasteiger partial charge on any atom is 0.248 e. The Morgan fingerprint density at radius 3 is 2.68 bits per heavy atom. The fourth-order valence-corrected chi connectivity index (χ4v) is 7.09. The Morgan fingerprint density at radius 2 is 2.04 bits per heavy atom. The number of sulfone groups is 1. The number of carbonyl (C=O) groups is 1. The Hall–Kier alpha value is -1.54. The van der Waals surface area contributed by atoms with Gasteiger partial charge in [-0.25, -0.2) is 8.42 Å². The van der Waals surface area contributed by atoms with Crippen LogP contribution in [0, 0.1) is 0 Å². The van der Waals surface area contributed by atoms with Gasteiger partial charge in [0, 0.05) is 18.2 Å². The molecule has 2 heterocycles. The van der Waals surface area contributed by atoms with Crippen LogP contribution >= 0.6 is 11.8 Å². The molecule has 25 heavy (non-hydrogen) atoms. The molecule has 6 nitrogen and oxygen atoms in total. The van der Waals surface area contributed by atoms with E-state index in [4.69, 9.17) is 4.74 Å². The Kier molecular flexibility index (Phi) is 5.38. The number of carbonyl (C=O) groups excluding carboxylic acids is 1. The molecular formula is C17H22N2O4S2. The summed E-state index contributed by atoms with van der Waals surface area (Å²) in [6.45, 7) is 2.47. The Bertz CT molecular complexity index is 774. The van der Waals surface area contributed by atoms with Crippen LogP contribution in [0.4, 0.5) is 0 Å². The highest BCUT2D eigenvalue weighted by atomic mass is 32.2. The van der Waals surface area contributed by atoms with Gasteiger partial charge in [-0.3, -0.25) is 4.79 Å². The molecule has 2 fully saturated rings. The van der Waals surface area contributed by atoms with Crippen LogP contribution in [0.1, 0.15) is 25.3 Å².